The molecule has 2 N–H and O–H groups in total. The highest BCUT2D eigenvalue weighted by molar-refractivity contribution is 5.94. The Morgan fingerprint density at radius 2 is 1.64 bits per heavy atom. The summed E-state index contributed by atoms with van der Waals surface area (Å²) >= 11 is 0. The van der Waals surface area contributed by atoms with Crippen LogP contribution in [-0.4, -0.2) is 24.5 Å². The number of nitrogens with two attached hydrogens (primary N) is 1. The average molecular weight is 298 g/mol. The Bertz CT molecular complexity index is 606. The van der Waals surface area contributed by atoms with Gasteiger partial charge in [0.15, 0.2) is 0 Å². The maximum atomic E-state index is 12.6. The molecule has 2 rings (SSSR count). The first kappa shape index (κ1) is 16.0. The molecule has 0 unspecified atom stereocenters. The predicted molar refractivity (Wildman–Crippen MR) is 87.7 cm³/mol. The Kier molecular flexibility index (Phi) is 5.55. The molecule has 0 aliphatic heterocycles. The molecule has 0 fully saturated rings. The monoisotopic (exact) mass is 298 g/mol. The quantitative estimate of drug-likeness (QED) is 0.892. The normalized spacial score (nSPS) is 10.3. The number of rotatable bonds is 6. The molecule has 0 heterocycles. The van der Waals surface area contributed by atoms with Gasteiger partial charge in [0.1, 0.15) is 5.75 Å². The summed E-state index contributed by atoms with van der Waals surface area (Å²) in [6.07, 6.45) is 0. The summed E-state index contributed by atoms with van der Waals surface area (Å²) in [6, 6.07) is 15.2. The fourth-order valence-electron chi connectivity index (χ4n) is 2.24. The van der Waals surface area contributed by atoms with E-state index in [4.69, 9.17) is 10.5 Å². The minimum atomic E-state index is 0.0295. The van der Waals surface area contributed by atoms with Gasteiger partial charge in [0.2, 0.25) is 0 Å². The molecule has 0 atom stereocenters. The van der Waals surface area contributed by atoms with Crippen LogP contribution in [0.1, 0.15) is 28.4 Å². The van der Waals surface area contributed by atoms with Crippen molar-refractivity contribution in [2.24, 2.45) is 5.73 Å². The van der Waals surface area contributed by atoms with E-state index in [1.54, 1.807) is 7.11 Å². The van der Waals surface area contributed by atoms with Gasteiger partial charge in [-0.15, -0.1) is 0 Å². The van der Waals surface area contributed by atoms with Crippen molar-refractivity contribution < 1.29 is 9.53 Å². The van der Waals surface area contributed by atoms with E-state index >= 15 is 0 Å². The number of hydrogen-bond donors (Lipinski definition) is 1. The molecular weight excluding hydrogens is 276 g/mol. The third-order valence-electron chi connectivity index (χ3n) is 3.64. The van der Waals surface area contributed by atoms with E-state index in [1.807, 2.05) is 60.4 Å². The molecule has 4 heteroatoms. The fourth-order valence-corrected chi connectivity index (χ4v) is 2.24. The number of hydrogen-bond acceptors (Lipinski definition) is 3. The van der Waals surface area contributed by atoms with E-state index in [1.165, 1.54) is 0 Å². The molecule has 0 aromatic heterocycles. The molecule has 116 valence electrons. The van der Waals surface area contributed by atoms with Gasteiger partial charge in [-0.05, 0) is 42.3 Å². The number of benzene rings is 2. The number of methoxy groups -OCH3 is 1. The number of ether oxygens (including phenoxy) is 1. The molecular formula is C18H22N2O2. The first-order valence-corrected chi connectivity index (χ1v) is 7.39. The van der Waals surface area contributed by atoms with Gasteiger partial charge in [0, 0.05) is 25.2 Å². The van der Waals surface area contributed by atoms with Crippen molar-refractivity contribution in [3.8, 4) is 5.75 Å². The Morgan fingerprint density at radius 1 is 1.05 bits per heavy atom. The topological polar surface area (TPSA) is 55.6 Å². The molecule has 22 heavy (non-hydrogen) atoms. The zero-order valence-electron chi connectivity index (χ0n) is 13.1. The Hall–Kier alpha value is -2.33. The van der Waals surface area contributed by atoms with Crippen LogP contribution in [0.2, 0.25) is 0 Å². The van der Waals surface area contributed by atoms with Crippen LogP contribution in [0.15, 0.2) is 48.5 Å². The molecule has 4 nitrogen and oxygen atoms in total. The largest absolute Gasteiger partial charge is 0.497 e. The molecule has 1 amide bonds. The predicted octanol–water partition coefficient (Wildman–Crippen LogP) is 2.82. The number of carbonyl (C=O) groups is 1. The lowest BCUT2D eigenvalue weighted by atomic mass is 10.1. The average Bonchev–Trinajstić information content (AvgIpc) is 2.59. The van der Waals surface area contributed by atoms with Gasteiger partial charge < -0.3 is 15.4 Å². The van der Waals surface area contributed by atoms with Crippen molar-refractivity contribution in [3.63, 3.8) is 0 Å². The molecule has 2 aromatic rings. The second kappa shape index (κ2) is 7.61. The Balaban J connectivity index is 2.10. The summed E-state index contributed by atoms with van der Waals surface area (Å²) in [4.78, 5) is 14.4. The first-order valence-electron chi connectivity index (χ1n) is 7.39. The van der Waals surface area contributed by atoms with Gasteiger partial charge >= 0.3 is 0 Å². The number of amides is 1. The maximum Gasteiger partial charge on any atom is 0.254 e. The summed E-state index contributed by atoms with van der Waals surface area (Å²) in [6.45, 7) is 3.70. The molecule has 0 bridgehead atoms. The minimum Gasteiger partial charge on any atom is -0.497 e. The molecule has 2 aromatic carbocycles. The van der Waals surface area contributed by atoms with Crippen LogP contribution in [-0.2, 0) is 13.1 Å². The second-order valence-corrected chi connectivity index (χ2v) is 5.07. The highest BCUT2D eigenvalue weighted by Crippen LogP contribution is 2.15. The third-order valence-corrected chi connectivity index (χ3v) is 3.64. The van der Waals surface area contributed by atoms with Crippen molar-refractivity contribution >= 4 is 5.91 Å². The van der Waals surface area contributed by atoms with Crippen molar-refractivity contribution in [3.05, 3.63) is 65.2 Å². The van der Waals surface area contributed by atoms with E-state index in [-0.39, 0.29) is 5.91 Å². The van der Waals surface area contributed by atoms with Crippen molar-refractivity contribution in [1.82, 2.24) is 4.90 Å². The van der Waals surface area contributed by atoms with Gasteiger partial charge in [-0.3, -0.25) is 4.79 Å². The molecule has 0 aliphatic carbocycles. The smallest absolute Gasteiger partial charge is 0.254 e. The maximum absolute atomic E-state index is 12.6. The summed E-state index contributed by atoms with van der Waals surface area (Å²) in [5.41, 5.74) is 8.37. The van der Waals surface area contributed by atoms with Crippen LogP contribution < -0.4 is 10.5 Å². The first-order chi connectivity index (χ1) is 10.7. The highest BCUT2D eigenvalue weighted by atomic mass is 16.5. The third kappa shape index (κ3) is 3.86. The van der Waals surface area contributed by atoms with E-state index in [2.05, 4.69) is 0 Å². The zero-order chi connectivity index (χ0) is 15.9. The van der Waals surface area contributed by atoms with Gasteiger partial charge in [0.05, 0.1) is 7.11 Å². The summed E-state index contributed by atoms with van der Waals surface area (Å²) < 4.78 is 5.15. The van der Waals surface area contributed by atoms with E-state index in [0.29, 0.717) is 25.2 Å². The zero-order valence-corrected chi connectivity index (χ0v) is 13.1. The van der Waals surface area contributed by atoms with E-state index in [0.717, 1.165) is 16.9 Å². The lowest BCUT2D eigenvalue weighted by molar-refractivity contribution is 0.0752. The fraction of sp³-hybridized carbons (Fsp3) is 0.278. The van der Waals surface area contributed by atoms with E-state index in [9.17, 15) is 4.79 Å². The molecule has 0 radical (unpaired) electrons. The summed E-state index contributed by atoms with van der Waals surface area (Å²) in [5, 5.41) is 0. The van der Waals surface area contributed by atoms with E-state index < -0.39 is 0 Å². The highest BCUT2D eigenvalue weighted by Gasteiger charge is 2.14. The SMILES string of the molecule is CCN(Cc1ccc(OC)cc1)C(=O)c1ccc(CN)cc1. The second-order valence-electron chi connectivity index (χ2n) is 5.07. The van der Waals surface area contributed by atoms with Crippen LogP contribution >= 0.6 is 0 Å². The van der Waals surface area contributed by atoms with Crippen molar-refractivity contribution in [2.45, 2.75) is 20.0 Å². The standard InChI is InChI=1S/C18H22N2O2/c1-3-20(13-15-6-10-17(22-2)11-7-15)18(21)16-8-4-14(12-19)5-9-16/h4-11H,3,12-13,19H2,1-2H3. The Labute approximate surface area is 131 Å². The lowest BCUT2D eigenvalue weighted by Crippen LogP contribution is -2.30. The van der Waals surface area contributed by atoms with Gasteiger partial charge in [-0.25, -0.2) is 0 Å². The molecule has 0 saturated carbocycles. The molecule has 0 aliphatic rings. The minimum absolute atomic E-state index is 0.0295. The van der Waals surface area contributed by atoms with Crippen LogP contribution in [0.5, 0.6) is 5.75 Å². The van der Waals surface area contributed by atoms with Gasteiger partial charge in [0.25, 0.3) is 5.91 Å². The van der Waals surface area contributed by atoms with Crippen LogP contribution in [0, 0.1) is 0 Å². The van der Waals surface area contributed by atoms with Crippen LogP contribution in [0.4, 0.5) is 0 Å². The van der Waals surface area contributed by atoms with Crippen LogP contribution in [0.3, 0.4) is 0 Å². The Morgan fingerprint density at radius 3 is 2.14 bits per heavy atom. The lowest BCUT2D eigenvalue weighted by Gasteiger charge is -2.21. The van der Waals surface area contributed by atoms with Gasteiger partial charge in [-0.2, -0.15) is 0 Å². The van der Waals surface area contributed by atoms with Crippen molar-refractivity contribution in [2.75, 3.05) is 13.7 Å². The number of carbonyl (C=O) groups excluding carboxylic acids is 1. The van der Waals surface area contributed by atoms with Crippen molar-refractivity contribution in [1.29, 1.82) is 0 Å². The van der Waals surface area contributed by atoms with Gasteiger partial charge in [-0.1, -0.05) is 24.3 Å². The molecule has 0 saturated heterocycles. The number of nitrogens with zero attached hydrogens (tertiary/aromatic N) is 1. The van der Waals surface area contributed by atoms with Crippen LogP contribution in [0.25, 0.3) is 0 Å². The summed E-state index contributed by atoms with van der Waals surface area (Å²) in [5.74, 6) is 0.845. The molecule has 0 spiro atoms. The summed E-state index contributed by atoms with van der Waals surface area (Å²) in [7, 11) is 1.64.